The summed E-state index contributed by atoms with van der Waals surface area (Å²) in [5.74, 6) is 0.215. The number of alkyl halides is 3. The average Bonchev–Trinajstić information content (AvgIpc) is 2.55. The maximum absolute atomic E-state index is 12.8. The van der Waals surface area contributed by atoms with Crippen molar-refractivity contribution in [3.8, 4) is 5.75 Å². The van der Waals surface area contributed by atoms with E-state index in [1.54, 1.807) is 13.0 Å². The third kappa shape index (κ3) is 5.24. The van der Waals surface area contributed by atoms with Gasteiger partial charge in [-0.1, -0.05) is 24.3 Å². The molecule has 0 radical (unpaired) electrons. The Balaban J connectivity index is 1.97. The van der Waals surface area contributed by atoms with Crippen LogP contribution in [0.1, 0.15) is 35.2 Å². The van der Waals surface area contributed by atoms with Crippen LogP contribution in [0.4, 0.5) is 13.2 Å². The van der Waals surface area contributed by atoms with Gasteiger partial charge in [0.05, 0.1) is 11.6 Å². The van der Waals surface area contributed by atoms with E-state index in [0.29, 0.717) is 11.3 Å². The van der Waals surface area contributed by atoms with E-state index in [4.69, 9.17) is 4.74 Å². The van der Waals surface area contributed by atoms with Gasteiger partial charge in [0.1, 0.15) is 5.75 Å². The van der Waals surface area contributed by atoms with Gasteiger partial charge in [0.15, 0.2) is 6.61 Å². The number of nitrogens with one attached hydrogen (secondary N) is 1. The van der Waals surface area contributed by atoms with Crippen molar-refractivity contribution in [3.05, 3.63) is 64.7 Å². The molecule has 1 atom stereocenters. The van der Waals surface area contributed by atoms with Crippen molar-refractivity contribution in [2.45, 2.75) is 33.0 Å². The summed E-state index contributed by atoms with van der Waals surface area (Å²) in [6.45, 7) is 5.22. The summed E-state index contributed by atoms with van der Waals surface area (Å²) >= 11 is 0. The molecule has 3 nitrogen and oxygen atoms in total. The van der Waals surface area contributed by atoms with Crippen LogP contribution in [0.3, 0.4) is 0 Å². The summed E-state index contributed by atoms with van der Waals surface area (Å²) < 4.78 is 43.8. The second kappa shape index (κ2) is 7.59. The molecular weight excluding hydrogens is 331 g/mol. The van der Waals surface area contributed by atoms with Crippen LogP contribution in [0.2, 0.25) is 0 Å². The van der Waals surface area contributed by atoms with Crippen LogP contribution in [-0.2, 0) is 11.0 Å². The molecule has 0 saturated carbocycles. The standard InChI is InChI=1S/C19H20F3NO2/c1-12-7-8-13(2)17(9-12)25-11-18(24)23-14(3)15-5-4-6-16(10-15)19(20,21)22/h4-10,14H,11H2,1-3H3,(H,23,24). The van der Waals surface area contributed by atoms with Gasteiger partial charge in [0.25, 0.3) is 5.91 Å². The molecule has 0 saturated heterocycles. The van der Waals surface area contributed by atoms with Crippen molar-refractivity contribution < 1.29 is 22.7 Å². The molecule has 0 spiro atoms. The Morgan fingerprint density at radius 3 is 2.56 bits per heavy atom. The van der Waals surface area contributed by atoms with Crippen LogP contribution in [-0.4, -0.2) is 12.5 Å². The molecule has 2 aromatic carbocycles. The van der Waals surface area contributed by atoms with Crippen LogP contribution in [0, 0.1) is 13.8 Å². The fourth-order valence-electron chi connectivity index (χ4n) is 2.36. The van der Waals surface area contributed by atoms with Gasteiger partial charge in [0, 0.05) is 0 Å². The lowest BCUT2D eigenvalue weighted by Crippen LogP contribution is -2.31. The molecule has 1 amide bonds. The van der Waals surface area contributed by atoms with E-state index in [0.717, 1.165) is 23.3 Å². The van der Waals surface area contributed by atoms with Crippen LogP contribution < -0.4 is 10.1 Å². The Kier molecular flexibility index (Phi) is 5.72. The lowest BCUT2D eigenvalue weighted by atomic mass is 10.0. The van der Waals surface area contributed by atoms with E-state index in [1.807, 2.05) is 32.0 Å². The molecular formula is C19H20F3NO2. The van der Waals surface area contributed by atoms with Gasteiger partial charge < -0.3 is 10.1 Å². The first-order chi connectivity index (χ1) is 11.7. The fourth-order valence-corrected chi connectivity index (χ4v) is 2.36. The van der Waals surface area contributed by atoms with Gasteiger partial charge in [-0.25, -0.2) is 0 Å². The molecule has 0 aromatic heterocycles. The lowest BCUT2D eigenvalue weighted by Gasteiger charge is -2.17. The van der Waals surface area contributed by atoms with Gasteiger partial charge >= 0.3 is 6.18 Å². The van der Waals surface area contributed by atoms with Gasteiger partial charge in [-0.05, 0) is 55.7 Å². The predicted octanol–water partition coefficient (Wildman–Crippen LogP) is 4.58. The van der Waals surface area contributed by atoms with E-state index in [9.17, 15) is 18.0 Å². The van der Waals surface area contributed by atoms with Gasteiger partial charge in [-0.15, -0.1) is 0 Å². The van der Waals surface area contributed by atoms with E-state index in [1.165, 1.54) is 6.07 Å². The molecule has 25 heavy (non-hydrogen) atoms. The van der Waals surface area contributed by atoms with Gasteiger partial charge in [0.2, 0.25) is 0 Å². The summed E-state index contributed by atoms with van der Waals surface area (Å²) in [6, 6.07) is 10.0. The van der Waals surface area contributed by atoms with Crippen LogP contribution in [0.25, 0.3) is 0 Å². The van der Waals surface area contributed by atoms with Crippen molar-refractivity contribution in [2.75, 3.05) is 6.61 Å². The molecule has 1 unspecified atom stereocenters. The SMILES string of the molecule is Cc1ccc(C)c(OCC(=O)NC(C)c2cccc(C(F)(F)F)c2)c1. The van der Waals surface area contributed by atoms with Crippen LogP contribution in [0.5, 0.6) is 5.75 Å². The average molecular weight is 351 g/mol. The highest BCUT2D eigenvalue weighted by Crippen LogP contribution is 2.30. The molecule has 0 bridgehead atoms. The highest BCUT2D eigenvalue weighted by Gasteiger charge is 2.30. The number of carbonyl (C=O) groups is 1. The minimum atomic E-state index is -4.41. The number of hydrogen-bond donors (Lipinski definition) is 1. The number of ether oxygens (including phenoxy) is 1. The van der Waals surface area contributed by atoms with Crippen LogP contribution in [0.15, 0.2) is 42.5 Å². The van der Waals surface area contributed by atoms with Crippen molar-refractivity contribution in [2.24, 2.45) is 0 Å². The van der Waals surface area contributed by atoms with Crippen molar-refractivity contribution in [1.29, 1.82) is 0 Å². The highest BCUT2D eigenvalue weighted by atomic mass is 19.4. The monoisotopic (exact) mass is 351 g/mol. The molecule has 6 heteroatoms. The topological polar surface area (TPSA) is 38.3 Å². The zero-order chi connectivity index (χ0) is 18.6. The molecule has 0 aliphatic rings. The quantitative estimate of drug-likeness (QED) is 0.856. The Morgan fingerprint density at radius 1 is 1.16 bits per heavy atom. The van der Waals surface area contributed by atoms with Crippen LogP contribution >= 0.6 is 0 Å². The number of benzene rings is 2. The Hall–Kier alpha value is -2.50. The number of carbonyl (C=O) groups excluding carboxylic acids is 1. The van der Waals surface area contributed by atoms with E-state index >= 15 is 0 Å². The predicted molar refractivity (Wildman–Crippen MR) is 89.4 cm³/mol. The first-order valence-corrected chi connectivity index (χ1v) is 7.83. The number of amides is 1. The van der Waals surface area contributed by atoms with Crippen molar-refractivity contribution in [1.82, 2.24) is 5.32 Å². The molecule has 2 rings (SSSR count). The van der Waals surface area contributed by atoms with Crippen molar-refractivity contribution in [3.63, 3.8) is 0 Å². The minimum absolute atomic E-state index is 0.201. The normalized spacial score (nSPS) is 12.6. The van der Waals surface area contributed by atoms with E-state index < -0.39 is 23.7 Å². The summed E-state index contributed by atoms with van der Waals surface area (Å²) in [4.78, 5) is 12.0. The maximum Gasteiger partial charge on any atom is 0.416 e. The summed E-state index contributed by atoms with van der Waals surface area (Å²) in [5, 5.41) is 2.65. The Labute approximate surface area is 144 Å². The Bertz CT molecular complexity index is 757. The number of halogens is 3. The lowest BCUT2D eigenvalue weighted by molar-refractivity contribution is -0.137. The molecule has 0 aliphatic heterocycles. The smallest absolute Gasteiger partial charge is 0.416 e. The molecule has 1 N–H and O–H groups in total. The van der Waals surface area contributed by atoms with E-state index in [-0.39, 0.29) is 6.61 Å². The third-order valence-corrected chi connectivity index (χ3v) is 3.79. The third-order valence-electron chi connectivity index (χ3n) is 3.79. The number of rotatable bonds is 5. The van der Waals surface area contributed by atoms with Gasteiger partial charge in [-0.3, -0.25) is 4.79 Å². The van der Waals surface area contributed by atoms with E-state index in [2.05, 4.69) is 5.32 Å². The van der Waals surface area contributed by atoms with Crippen molar-refractivity contribution >= 4 is 5.91 Å². The summed E-state index contributed by atoms with van der Waals surface area (Å²) in [6.07, 6.45) is -4.41. The largest absolute Gasteiger partial charge is 0.483 e. The zero-order valence-corrected chi connectivity index (χ0v) is 14.3. The molecule has 2 aromatic rings. The highest BCUT2D eigenvalue weighted by molar-refractivity contribution is 5.78. The first-order valence-electron chi connectivity index (χ1n) is 7.83. The zero-order valence-electron chi connectivity index (χ0n) is 14.3. The summed E-state index contributed by atoms with van der Waals surface area (Å²) in [7, 11) is 0. The number of hydrogen-bond acceptors (Lipinski definition) is 2. The first kappa shape index (κ1) is 18.8. The molecule has 0 fully saturated rings. The van der Waals surface area contributed by atoms with Gasteiger partial charge in [-0.2, -0.15) is 13.2 Å². The maximum atomic E-state index is 12.8. The molecule has 134 valence electrons. The Morgan fingerprint density at radius 2 is 1.88 bits per heavy atom. The molecule has 0 heterocycles. The minimum Gasteiger partial charge on any atom is -0.483 e. The second-order valence-electron chi connectivity index (χ2n) is 5.97. The second-order valence-corrected chi connectivity index (χ2v) is 5.97. The molecule has 0 aliphatic carbocycles. The fraction of sp³-hybridized carbons (Fsp3) is 0.316. The number of aryl methyl sites for hydroxylation is 2. The summed E-state index contributed by atoms with van der Waals surface area (Å²) in [5.41, 5.74) is 1.57.